The van der Waals surface area contributed by atoms with E-state index < -0.39 is 39.4 Å². The maximum Gasteiger partial charge on any atom is 0.418 e. The predicted molar refractivity (Wildman–Crippen MR) is 55.7 cm³/mol. The van der Waals surface area contributed by atoms with E-state index in [1.165, 1.54) is 6.92 Å². The number of halogens is 3. The number of hydrogen-bond donors (Lipinski definition) is 2. The molecule has 0 saturated heterocycles. The van der Waals surface area contributed by atoms with Crippen LogP contribution in [0.5, 0.6) is 0 Å². The number of carbonyl (C=O) groups is 2. The molecule has 0 aliphatic heterocycles. The number of carbonyl (C=O) groups excluding carboxylic acids is 1. The number of aliphatic carboxylic acids is 1. The van der Waals surface area contributed by atoms with Crippen LogP contribution in [0.1, 0.15) is 13.8 Å². The molecule has 11 heteroatoms. The van der Waals surface area contributed by atoms with Gasteiger partial charge in [-0.2, -0.15) is 17.9 Å². The summed E-state index contributed by atoms with van der Waals surface area (Å²) in [7, 11) is -4.81. The lowest BCUT2D eigenvalue weighted by Gasteiger charge is -2.27. The molecular formula is C8H12F3NO6S. The van der Waals surface area contributed by atoms with Crippen LogP contribution in [0.25, 0.3) is 0 Å². The highest BCUT2D eigenvalue weighted by atomic mass is 32.2. The average Bonchev–Trinajstić information content (AvgIpc) is 2.13. The van der Waals surface area contributed by atoms with Crippen LogP contribution in [0.15, 0.2) is 0 Å². The Bertz CT molecular complexity index is 460. The largest absolute Gasteiger partial charge is 0.480 e. The normalized spacial score (nSPS) is 15.6. The van der Waals surface area contributed by atoms with Crippen molar-refractivity contribution < 1.29 is 41.0 Å². The Morgan fingerprint density at radius 1 is 1.32 bits per heavy atom. The zero-order valence-corrected chi connectivity index (χ0v) is 10.8. The molecule has 0 bridgehead atoms. The van der Waals surface area contributed by atoms with Crippen LogP contribution in [-0.2, 0) is 24.3 Å². The molecule has 1 atom stereocenters. The van der Waals surface area contributed by atoms with Gasteiger partial charge in [0.15, 0.2) is 5.75 Å². The van der Waals surface area contributed by atoms with Crippen molar-refractivity contribution in [3.63, 3.8) is 0 Å². The van der Waals surface area contributed by atoms with E-state index in [-0.39, 0.29) is 13.5 Å². The van der Waals surface area contributed by atoms with Crippen LogP contribution in [0.4, 0.5) is 13.2 Å². The molecule has 0 aliphatic rings. The Hall–Kier alpha value is -1.36. The van der Waals surface area contributed by atoms with Crippen molar-refractivity contribution in [3.05, 3.63) is 0 Å². The van der Waals surface area contributed by atoms with E-state index >= 15 is 0 Å². The molecule has 7 nitrogen and oxygen atoms in total. The first-order chi connectivity index (χ1) is 8.35. The van der Waals surface area contributed by atoms with Crippen molar-refractivity contribution in [2.45, 2.75) is 25.6 Å². The molecule has 0 aliphatic carbocycles. The second kappa shape index (κ2) is 5.74. The van der Waals surface area contributed by atoms with Crippen LogP contribution in [0, 0.1) is 0 Å². The highest BCUT2D eigenvalue weighted by molar-refractivity contribution is 7.90. The third-order valence-electron chi connectivity index (χ3n) is 1.97. The van der Waals surface area contributed by atoms with Gasteiger partial charge in [0.25, 0.3) is 0 Å². The summed E-state index contributed by atoms with van der Waals surface area (Å²) in [6, 6.07) is 0. The minimum Gasteiger partial charge on any atom is -0.480 e. The fraction of sp³-hybridized carbons (Fsp3) is 0.750. The third-order valence-corrected chi connectivity index (χ3v) is 3.30. The Morgan fingerprint density at radius 3 is 2.11 bits per heavy atom. The summed E-state index contributed by atoms with van der Waals surface area (Å²) in [5.74, 6) is -5.13. The Kier molecular flexibility index (Phi) is 5.32. The summed E-state index contributed by atoms with van der Waals surface area (Å²) in [5.41, 5.74) is -3.72. The van der Waals surface area contributed by atoms with E-state index in [2.05, 4.69) is 4.74 Å². The molecule has 1 unspecified atom stereocenters. The van der Waals surface area contributed by atoms with Gasteiger partial charge in [0.1, 0.15) is 0 Å². The van der Waals surface area contributed by atoms with Crippen molar-refractivity contribution in [1.82, 2.24) is 4.72 Å². The molecule has 0 aromatic heterocycles. The molecule has 0 amide bonds. The molecule has 0 spiro atoms. The van der Waals surface area contributed by atoms with Crippen molar-refractivity contribution in [1.29, 1.82) is 0 Å². The molecule has 0 aromatic carbocycles. The van der Waals surface area contributed by atoms with Gasteiger partial charge in [-0.05, 0) is 13.8 Å². The molecule has 0 saturated carbocycles. The molecule has 112 valence electrons. The van der Waals surface area contributed by atoms with Gasteiger partial charge in [0, 0.05) is 0 Å². The number of esters is 1. The summed E-state index contributed by atoms with van der Waals surface area (Å²) in [5, 5.41) is 8.51. The SMILES string of the molecule is CCOC(=O)CS(=O)(=O)NC(C)(C(=O)O)C(F)(F)F. The average molecular weight is 307 g/mol. The monoisotopic (exact) mass is 307 g/mol. The van der Waals surface area contributed by atoms with Gasteiger partial charge in [0.2, 0.25) is 15.6 Å². The first-order valence-corrected chi connectivity index (χ1v) is 6.48. The van der Waals surface area contributed by atoms with Crippen molar-refractivity contribution in [2.24, 2.45) is 0 Å². The number of hydrogen-bond acceptors (Lipinski definition) is 5. The van der Waals surface area contributed by atoms with Gasteiger partial charge >= 0.3 is 18.1 Å². The lowest BCUT2D eigenvalue weighted by Crippen LogP contribution is -2.62. The highest BCUT2D eigenvalue weighted by Crippen LogP contribution is 2.31. The van der Waals surface area contributed by atoms with E-state index in [1.807, 2.05) is 0 Å². The Balaban J connectivity index is 5.18. The number of ether oxygens (including phenoxy) is 1. The molecule has 0 radical (unpaired) electrons. The molecule has 19 heavy (non-hydrogen) atoms. The minimum absolute atomic E-state index is 0.137. The van der Waals surface area contributed by atoms with Crippen molar-refractivity contribution in [2.75, 3.05) is 12.4 Å². The number of carboxylic acid groups (broad SMARTS) is 1. The number of rotatable bonds is 6. The first kappa shape index (κ1) is 17.6. The van der Waals surface area contributed by atoms with Gasteiger partial charge in [-0.1, -0.05) is 0 Å². The standard InChI is InChI=1S/C8H12F3NO6S/c1-3-18-5(13)4-19(16,17)12-7(2,6(14)15)8(9,10)11/h12H,3-4H2,1-2H3,(H,14,15). The summed E-state index contributed by atoms with van der Waals surface area (Å²) in [4.78, 5) is 21.5. The van der Waals surface area contributed by atoms with E-state index in [4.69, 9.17) is 5.11 Å². The zero-order chi connectivity index (χ0) is 15.5. The van der Waals surface area contributed by atoms with Crippen LogP contribution in [-0.4, -0.2) is 49.5 Å². The lowest BCUT2D eigenvalue weighted by atomic mass is 10.0. The predicted octanol–water partition coefficient (Wildman–Crippen LogP) is -0.126. The smallest absolute Gasteiger partial charge is 0.418 e. The molecule has 0 heterocycles. The zero-order valence-electron chi connectivity index (χ0n) is 9.94. The van der Waals surface area contributed by atoms with E-state index in [1.54, 1.807) is 0 Å². The molecule has 0 aromatic rings. The minimum atomic E-state index is -5.37. The summed E-state index contributed by atoms with van der Waals surface area (Å²) >= 11 is 0. The fourth-order valence-corrected chi connectivity index (χ4v) is 2.22. The second-order valence-electron chi connectivity index (χ2n) is 3.59. The lowest BCUT2D eigenvalue weighted by molar-refractivity contribution is -0.201. The quantitative estimate of drug-likeness (QED) is 0.662. The second-order valence-corrected chi connectivity index (χ2v) is 5.32. The topological polar surface area (TPSA) is 110 Å². The van der Waals surface area contributed by atoms with Gasteiger partial charge in [-0.15, -0.1) is 0 Å². The van der Waals surface area contributed by atoms with Gasteiger partial charge in [-0.25, -0.2) is 13.2 Å². The summed E-state index contributed by atoms with van der Waals surface area (Å²) < 4.78 is 65.5. The van der Waals surface area contributed by atoms with Crippen LogP contribution < -0.4 is 4.72 Å². The molecule has 2 N–H and O–H groups in total. The first-order valence-electron chi connectivity index (χ1n) is 4.83. The van der Waals surface area contributed by atoms with Gasteiger partial charge < -0.3 is 9.84 Å². The van der Waals surface area contributed by atoms with Crippen LogP contribution in [0.2, 0.25) is 0 Å². The third kappa shape index (κ3) is 4.67. The number of alkyl halides is 3. The highest BCUT2D eigenvalue weighted by Gasteiger charge is 2.59. The van der Waals surface area contributed by atoms with Gasteiger partial charge in [0.05, 0.1) is 6.61 Å². The number of nitrogens with one attached hydrogen (secondary N) is 1. The Labute approximate surface area is 106 Å². The van der Waals surface area contributed by atoms with Crippen molar-refractivity contribution in [3.8, 4) is 0 Å². The van der Waals surface area contributed by atoms with E-state index in [0.717, 1.165) is 4.72 Å². The molecule has 0 rings (SSSR count). The van der Waals surface area contributed by atoms with Crippen molar-refractivity contribution >= 4 is 22.0 Å². The summed E-state index contributed by atoms with van der Waals surface area (Å²) in [6.45, 7) is 1.34. The summed E-state index contributed by atoms with van der Waals surface area (Å²) in [6.07, 6.45) is -5.37. The number of sulfonamides is 1. The van der Waals surface area contributed by atoms with E-state index in [0.29, 0.717) is 0 Å². The van der Waals surface area contributed by atoms with Crippen LogP contribution in [0.3, 0.4) is 0 Å². The molecular weight excluding hydrogens is 295 g/mol. The maximum absolute atomic E-state index is 12.5. The Morgan fingerprint density at radius 2 is 1.79 bits per heavy atom. The number of carboxylic acids is 1. The van der Waals surface area contributed by atoms with Gasteiger partial charge in [-0.3, -0.25) is 4.79 Å². The molecule has 0 fully saturated rings. The van der Waals surface area contributed by atoms with E-state index in [9.17, 15) is 31.2 Å². The fourth-order valence-electron chi connectivity index (χ4n) is 0.928. The van der Waals surface area contributed by atoms with Crippen LogP contribution >= 0.6 is 0 Å². The maximum atomic E-state index is 12.5.